The fourth-order valence-corrected chi connectivity index (χ4v) is 2.42. The molecule has 0 spiro atoms. The maximum Gasteiger partial charge on any atom is 0.271 e. The highest BCUT2D eigenvalue weighted by atomic mass is 32.1. The van der Waals surface area contributed by atoms with Gasteiger partial charge in [-0.2, -0.15) is 4.98 Å². The summed E-state index contributed by atoms with van der Waals surface area (Å²) < 4.78 is 14.8. The van der Waals surface area contributed by atoms with Crippen molar-refractivity contribution in [2.75, 3.05) is 6.61 Å². The molecule has 2 aromatic heterocycles. The van der Waals surface area contributed by atoms with E-state index in [1.807, 2.05) is 34.6 Å². The van der Waals surface area contributed by atoms with Crippen molar-refractivity contribution in [3.05, 3.63) is 11.5 Å². The standard InChI is InChI=1S/C13H21N5O2S/c1-7(2)9-10(21-18-16-9)11-15-12(17-20-11)13(5,14)6-19-8(3)4/h7-8H,6,14H2,1-5H3. The van der Waals surface area contributed by atoms with Crippen molar-refractivity contribution in [3.63, 3.8) is 0 Å². The normalized spacial score (nSPS) is 14.9. The van der Waals surface area contributed by atoms with Gasteiger partial charge in [-0.05, 0) is 38.2 Å². The number of nitrogens with two attached hydrogens (primary N) is 1. The van der Waals surface area contributed by atoms with E-state index in [2.05, 4.69) is 19.7 Å². The molecule has 0 aromatic carbocycles. The molecule has 8 heteroatoms. The molecule has 7 nitrogen and oxygen atoms in total. The van der Waals surface area contributed by atoms with Gasteiger partial charge in [0.2, 0.25) is 0 Å². The third kappa shape index (κ3) is 3.63. The van der Waals surface area contributed by atoms with Gasteiger partial charge in [0.25, 0.3) is 5.89 Å². The van der Waals surface area contributed by atoms with Gasteiger partial charge >= 0.3 is 0 Å². The topological polar surface area (TPSA) is 100.0 Å². The van der Waals surface area contributed by atoms with Crippen LogP contribution < -0.4 is 5.73 Å². The second-order valence-electron chi connectivity index (χ2n) is 5.84. The number of hydrogen-bond acceptors (Lipinski definition) is 8. The molecule has 0 radical (unpaired) electrons. The Balaban J connectivity index is 2.23. The van der Waals surface area contributed by atoms with Gasteiger partial charge in [-0.25, -0.2) is 0 Å². The van der Waals surface area contributed by atoms with Gasteiger partial charge in [0.05, 0.1) is 18.4 Å². The lowest BCUT2D eigenvalue weighted by Gasteiger charge is -2.21. The second kappa shape index (κ2) is 6.17. The number of nitrogens with zero attached hydrogens (tertiary/aromatic N) is 4. The van der Waals surface area contributed by atoms with E-state index in [0.717, 1.165) is 10.6 Å². The molecule has 1 unspecified atom stereocenters. The molecule has 2 aromatic rings. The molecule has 116 valence electrons. The quantitative estimate of drug-likeness (QED) is 0.873. The molecule has 0 amide bonds. The van der Waals surface area contributed by atoms with Crippen molar-refractivity contribution >= 4 is 11.5 Å². The highest BCUT2D eigenvalue weighted by molar-refractivity contribution is 7.09. The third-order valence-corrected chi connectivity index (χ3v) is 3.64. The van der Waals surface area contributed by atoms with Gasteiger partial charge in [-0.1, -0.05) is 23.5 Å². The molecule has 21 heavy (non-hydrogen) atoms. The fourth-order valence-electron chi connectivity index (χ4n) is 1.68. The molecule has 0 aliphatic rings. The summed E-state index contributed by atoms with van der Waals surface area (Å²) in [5, 5.41) is 8.09. The van der Waals surface area contributed by atoms with E-state index in [9.17, 15) is 0 Å². The van der Waals surface area contributed by atoms with Crippen LogP contribution in [0.2, 0.25) is 0 Å². The highest BCUT2D eigenvalue weighted by Gasteiger charge is 2.30. The van der Waals surface area contributed by atoms with Gasteiger partial charge in [0.1, 0.15) is 10.4 Å². The first-order valence-corrected chi connectivity index (χ1v) is 7.66. The van der Waals surface area contributed by atoms with Crippen LogP contribution in [0, 0.1) is 0 Å². The van der Waals surface area contributed by atoms with Gasteiger partial charge < -0.3 is 15.0 Å². The fraction of sp³-hybridized carbons (Fsp3) is 0.692. The van der Waals surface area contributed by atoms with Crippen molar-refractivity contribution in [3.8, 4) is 10.8 Å². The van der Waals surface area contributed by atoms with Crippen LogP contribution in [0.25, 0.3) is 10.8 Å². The zero-order chi connectivity index (χ0) is 15.6. The van der Waals surface area contributed by atoms with Crippen molar-refractivity contribution < 1.29 is 9.26 Å². The largest absolute Gasteiger partial charge is 0.376 e. The molecular weight excluding hydrogens is 290 g/mol. The van der Waals surface area contributed by atoms with Crippen LogP contribution in [-0.2, 0) is 10.3 Å². The minimum atomic E-state index is -0.803. The molecule has 0 bridgehead atoms. The molecule has 2 rings (SSSR count). The summed E-state index contributed by atoms with van der Waals surface area (Å²) in [6, 6.07) is 0. The Kier molecular flexibility index (Phi) is 4.70. The Morgan fingerprint density at radius 1 is 1.33 bits per heavy atom. The van der Waals surface area contributed by atoms with Crippen LogP contribution in [0.4, 0.5) is 0 Å². The first kappa shape index (κ1) is 16.0. The summed E-state index contributed by atoms with van der Waals surface area (Å²) in [6.07, 6.45) is 0.0949. The first-order chi connectivity index (χ1) is 9.81. The SMILES string of the molecule is CC(C)OCC(C)(N)c1noc(-c2snnc2C(C)C)n1. The Bertz CT molecular complexity index is 591. The summed E-state index contributed by atoms with van der Waals surface area (Å²) in [5.74, 6) is 1.06. The summed E-state index contributed by atoms with van der Waals surface area (Å²) in [7, 11) is 0. The molecule has 0 aliphatic carbocycles. The predicted octanol–water partition coefficient (Wildman–Crippen LogP) is 2.31. The molecule has 0 aliphatic heterocycles. The van der Waals surface area contributed by atoms with E-state index >= 15 is 0 Å². The predicted molar refractivity (Wildman–Crippen MR) is 79.9 cm³/mol. The molecule has 0 saturated carbocycles. The van der Waals surface area contributed by atoms with Crippen molar-refractivity contribution in [2.24, 2.45) is 5.73 Å². The summed E-state index contributed by atoms with van der Waals surface area (Å²) in [6.45, 7) is 10.1. The number of rotatable bonds is 6. The molecule has 2 heterocycles. The van der Waals surface area contributed by atoms with Gasteiger partial charge in [0.15, 0.2) is 5.82 Å². The van der Waals surface area contributed by atoms with Crippen LogP contribution in [0.1, 0.15) is 52.1 Å². The van der Waals surface area contributed by atoms with Crippen LogP contribution in [0.3, 0.4) is 0 Å². The van der Waals surface area contributed by atoms with Gasteiger partial charge in [-0.15, -0.1) is 5.10 Å². The smallest absolute Gasteiger partial charge is 0.271 e. The van der Waals surface area contributed by atoms with Crippen molar-refractivity contribution in [1.29, 1.82) is 0 Å². The van der Waals surface area contributed by atoms with E-state index in [4.69, 9.17) is 15.0 Å². The summed E-state index contributed by atoms with van der Waals surface area (Å²) >= 11 is 1.24. The lowest BCUT2D eigenvalue weighted by Crippen LogP contribution is -2.40. The molecular formula is C13H21N5O2S. The Morgan fingerprint density at radius 3 is 2.67 bits per heavy atom. The lowest BCUT2D eigenvalue weighted by molar-refractivity contribution is 0.0410. The zero-order valence-corrected chi connectivity index (χ0v) is 13.8. The number of aromatic nitrogens is 4. The monoisotopic (exact) mass is 311 g/mol. The third-order valence-electron chi connectivity index (χ3n) is 2.91. The summed E-state index contributed by atoms with van der Waals surface area (Å²) in [5.41, 5.74) is 6.26. The minimum absolute atomic E-state index is 0.0949. The highest BCUT2D eigenvalue weighted by Crippen LogP contribution is 2.30. The average molecular weight is 311 g/mol. The average Bonchev–Trinajstić information content (AvgIpc) is 3.04. The number of hydrogen-bond donors (Lipinski definition) is 1. The molecule has 0 saturated heterocycles. The Morgan fingerprint density at radius 2 is 2.05 bits per heavy atom. The Labute approximate surface area is 128 Å². The van der Waals surface area contributed by atoms with Gasteiger partial charge in [0, 0.05) is 0 Å². The van der Waals surface area contributed by atoms with Crippen LogP contribution in [0.15, 0.2) is 4.52 Å². The first-order valence-electron chi connectivity index (χ1n) is 6.88. The van der Waals surface area contributed by atoms with Gasteiger partial charge in [-0.3, -0.25) is 0 Å². The minimum Gasteiger partial charge on any atom is -0.376 e. The van der Waals surface area contributed by atoms with Crippen LogP contribution in [-0.4, -0.2) is 32.4 Å². The second-order valence-corrected chi connectivity index (χ2v) is 6.60. The van der Waals surface area contributed by atoms with Crippen LogP contribution >= 0.6 is 11.5 Å². The molecule has 2 N–H and O–H groups in total. The summed E-state index contributed by atoms with van der Waals surface area (Å²) in [4.78, 5) is 5.19. The lowest BCUT2D eigenvalue weighted by atomic mass is 10.1. The van der Waals surface area contributed by atoms with E-state index < -0.39 is 5.54 Å². The molecule has 0 fully saturated rings. The van der Waals surface area contributed by atoms with E-state index in [1.54, 1.807) is 0 Å². The Hall–Kier alpha value is -1.38. The van der Waals surface area contributed by atoms with E-state index in [0.29, 0.717) is 18.3 Å². The van der Waals surface area contributed by atoms with E-state index in [-0.39, 0.29) is 12.0 Å². The van der Waals surface area contributed by atoms with Crippen molar-refractivity contribution in [1.82, 2.24) is 19.7 Å². The van der Waals surface area contributed by atoms with E-state index in [1.165, 1.54) is 11.5 Å². The van der Waals surface area contributed by atoms with Crippen LogP contribution in [0.5, 0.6) is 0 Å². The zero-order valence-electron chi connectivity index (χ0n) is 13.0. The maximum atomic E-state index is 6.21. The van der Waals surface area contributed by atoms with Crippen molar-refractivity contribution in [2.45, 2.75) is 52.2 Å². The number of ether oxygens (including phenoxy) is 1. The maximum absolute atomic E-state index is 6.21. The molecule has 1 atom stereocenters.